The highest BCUT2D eigenvalue weighted by Gasteiger charge is 2.33. The number of ketones is 1. The average molecular weight is 480 g/mol. The zero-order chi connectivity index (χ0) is 22.2. The van der Waals surface area contributed by atoms with Gasteiger partial charge >= 0.3 is 5.97 Å². The van der Waals surface area contributed by atoms with Crippen molar-refractivity contribution in [2.45, 2.75) is 40.0 Å². The van der Waals surface area contributed by atoms with E-state index in [1.54, 1.807) is 18.2 Å². The number of carbonyl (C=O) groups is 2. The van der Waals surface area contributed by atoms with Gasteiger partial charge in [0.05, 0.1) is 11.1 Å². The maximum Gasteiger partial charge on any atom is 0.339 e. The molecule has 0 bridgehead atoms. The number of pyridine rings is 1. The molecule has 1 aliphatic carbocycles. The molecule has 0 saturated carbocycles. The first kappa shape index (κ1) is 21.7. The third-order valence-electron chi connectivity index (χ3n) is 6.17. The van der Waals surface area contributed by atoms with Crippen LogP contribution < -0.4 is 0 Å². The van der Waals surface area contributed by atoms with Crippen molar-refractivity contribution in [1.29, 1.82) is 0 Å². The van der Waals surface area contributed by atoms with Crippen LogP contribution in [0.1, 0.15) is 59.2 Å². The minimum Gasteiger partial charge on any atom is -0.454 e. The van der Waals surface area contributed by atoms with Gasteiger partial charge in [0.1, 0.15) is 0 Å². The molecule has 4 nitrogen and oxygen atoms in total. The molecule has 1 aromatic heterocycles. The van der Waals surface area contributed by atoms with Crippen molar-refractivity contribution in [3.8, 4) is 0 Å². The van der Waals surface area contributed by atoms with Gasteiger partial charge in [-0.05, 0) is 54.4 Å². The number of ether oxygens (including phenoxy) is 1. The molecule has 0 N–H and O–H groups in total. The van der Waals surface area contributed by atoms with Crippen molar-refractivity contribution in [3.05, 3.63) is 75.4 Å². The minimum atomic E-state index is -0.451. The van der Waals surface area contributed by atoms with Crippen molar-refractivity contribution in [2.75, 3.05) is 6.61 Å². The highest BCUT2D eigenvalue weighted by molar-refractivity contribution is 9.10. The maximum absolute atomic E-state index is 13.3. The molecule has 1 heterocycles. The van der Waals surface area contributed by atoms with Crippen LogP contribution in [-0.2, 0) is 17.6 Å². The van der Waals surface area contributed by atoms with Crippen molar-refractivity contribution in [1.82, 2.24) is 4.98 Å². The summed E-state index contributed by atoms with van der Waals surface area (Å²) in [6.45, 7) is 6.44. The first-order valence-electron chi connectivity index (χ1n) is 10.6. The summed E-state index contributed by atoms with van der Waals surface area (Å²) in [5.41, 5.74) is 3.96. The fourth-order valence-corrected chi connectivity index (χ4v) is 4.71. The van der Waals surface area contributed by atoms with Gasteiger partial charge in [-0.25, -0.2) is 4.79 Å². The van der Waals surface area contributed by atoms with E-state index in [9.17, 15) is 9.59 Å². The number of fused-ring (bicyclic) bond motifs is 2. The first-order valence-corrected chi connectivity index (χ1v) is 11.4. The Morgan fingerprint density at radius 2 is 1.90 bits per heavy atom. The van der Waals surface area contributed by atoms with E-state index in [1.807, 2.05) is 30.3 Å². The lowest BCUT2D eigenvalue weighted by Crippen LogP contribution is -2.29. The largest absolute Gasteiger partial charge is 0.454 e. The predicted molar refractivity (Wildman–Crippen MR) is 125 cm³/mol. The maximum atomic E-state index is 13.3. The fourth-order valence-electron chi connectivity index (χ4n) is 4.31. The van der Waals surface area contributed by atoms with Crippen molar-refractivity contribution in [2.24, 2.45) is 11.3 Å². The number of hydrogen-bond acceptors (Lipinski definition) is 4. The number of aryl methyl sites for hydroxylation is 1. The lowest BCUT2D eigenvalue weighted by molar-refractivity contribution is 0.0474. The Balaban J connectivity index is 1.67. The fraction of sp³-hybridized carbons (Fsp3) is 0.346. The van der Waals surface area contributed by atoms with Crippen molar-refractivity contribution < 1.29 is 14.3 Å². The summed E-state index contributed by atoms with van der Waals surface area (Å²) in [7, 11) is 0. The van der Waals surface area contributed by atoms with Crippen LogP contribution in [0.2, 0.25) is 0 Å². The standard InChI is InChI=1S/C26H26BrNO3/c1-26(2,3)17-11-12-22-20(14-17)24(19-9-4-5-10-21(19)28-22)25(30)31-15-23(29)16-7-6-8-18(27)13-16/h4-10,13,17H,11-12,14-15H2,1-3H3. The van der Waals surface area contributed by atoms with Gasteiger partial charge in [-0.3, -0.25) is 9.78 Å². The number of para-hydroxylation sites is 1. The number of halogens is 1. The summed E-state index contributed by atoms with van der Waals surface area (Å²) in [5.74, 6) is -0.222. The Morgan fingerprint density at radius 3 is 2.65 bits per heavy atom. The molecule has 5 heteroatoms. The van der Waals surface area contributed by atoms with E-state index in [0.717, 1.165) is 45.9 Å². The number of aromatic nitrogens is 1. The molecular formula is C26H26BrNO3. The molecule has 0 saturated heterocycles. The molecule has 2 aromatic carbocycles. The van der Waals surface area contributed by atoms with Gasteiger partial charge in [-0.2, -0.15) is 0 Å². The summed E-state index contributed by atoms with van der Waals surface area (Å²) in [4.78, 5) is 30.7. The van der Waals surface area contributed by atoms with Gasteiger partial charge in [-0.1, -0.05) is 67.0 Å². The van der Waals surface area contributed by atoms with E-state index in [-0.39, 0.29) is 17.8 Å². The normalized spacial score (nSPS) is 16.1. The average Bonchev–Trinajstić information content (AvgIpc) is 2.74. The number of nitrogens with zero attached hydrogens (tertiary/aromatic N) is 1. The van der Waals surface area contributed by atoms with E-state index in [1.165, 1.54) is 0 Å². The van der Waals surface area contributed by atoms with Crippen LogP contribution in [0, 0.1) is 11.3 Å². The number of esters is 1. The molecule has 0 aliphatic heterocycles. The van der Waals surface area contributed by atoms with Crippen molar-refractivity contribution in [3.63, 3.8) is 0 Å². The number of Topliss-reactive ketones (excluding diaryl/α,β-unsaturated/α-hetero) is 1. The number of hydrogen-bond donors (Lipinski definition) is 0. The molecular weight excluding hydrogens is 454 g/mol. The van der Waals surface area contributed by atoms with E-state index in [0.29, 0.717) is 17.0 Å². The van der Waals surface area contributed by atoms with Gasteiger partial charge in [0.2, 0.25) is 0 Å². The number of rotatable bonds is 4. The Labute approximate surface area is 191 Å². The Morgan fingerprint density at radius 1 is 1.13 bits per heavy atom. The molecule has 1 aliphatic rings. The highest BCUT2D eigenvalue weighted by Crippen LogP contribution is 2.39. The highest BCUT2D eigenvalue weighted by atomic mass is 79.9. The van der Waals surface area contributed by atoms with Gasteiger partial charge in [0, 0.05) is 21.1 Å². The van der Waals surface area contributed by atoms with Gasteiger partial charge in [-0.15, -0.1) is 0 Å². The van der Waals surface area contributed by atoms with Gasteiger partial charge < -0.3 is 4.74 Å². The lowest BCUT2D eigenvalue weighted by Gasteiger charge is -2.35. The van der Waals surface area contributed by atoms with E-state index in [4.69, 9.17) is 9.72 Å². The van der Waals surface area contributed by atoms with Crippen LogP contribution in [0.4, 0.5) is 0 Å². The summed E-state index contributed by atoms with van der Waals surface area (Å²) in [6, 6.07) is 14.8. The molecule has 1 unspecified atom stereocenters. The Bertz CT molecular complexity index is 1160. The summed E-state index contributed by atoms with van der Waals surface area (Å²) in [5, 5.41) is 0.788. The second-order valence-corrected chi connectivity index (χ2v) is 10.2. The molecule has 3 aromatic rings. The SMILES string of the molecule is CC(C)(C)C1CCc2nc3ccccc3c(C(=O)OCC(=O)c3cccc(Br)c3)c2C1. The zero-order valence-corrected chi connectivity index (χ0v) is 19.7. The Kier molecular flexibility index (Phi) is 5.98. The zero-order valence-electron chi connectivity index (χ0n) is 18.1. The summed E-state index contributed by atoms with van der Waals surface area (Å²) in [6.07, 6.45) is 2.69. The number of benzene rings is 2. The third-order valence-corrected chi connectivity index (χ3v) is 6.66. The summed E-state index contributed by atoms with van der Waals surface area (Å²) >= 11 is 3.37. The molecule has 0 amide bonds. The topological polar surface area (TPSA) is 56.3 Å². The second-order valence-electron chi connectivity index (χ2n) is 9.24. The van der Waals surface area contributed by atoms with Crippen LogP contribution in [0.15, 0.2) is 53.0 Å². The van der Waals surface area contributed by atoms with E-state index >= 15 is 0 Å². The molecule has 1 atom stereocenters. The van der Waals surface area contributed by atoms with E-state index in [2.05, 4.69) is 36.7 Å². The first-order chi connectivity index (χ1) is 14.7. The molecule has 160 valence electrons. The molecule has 0 fully saturated rings. The van der Waals surface area contributed by atoms with Crippen molar-refractivity contribution >= 4 is 38.6 Å². The van der Waals surface area contributed by atoms with Crippen LogP contribution in [0.25, 0.3) is 10.9 Å². The predicted octanol–water partition coefficient (Wildman–Crippen LogP) is 6.19. The summed E-state index contributed by atoms with van der Waals surface area (Å²) < 4.78 is 6.36. The third kappa shape index (κ3) is 4.57. The molecule has 0 spiro atoms. The Hall–Kier alpha value is -2.53. The van der Waals surface area contributed by atoms with Gasteiger partial charge in [0.15, 0.2) is 12.4 Å². The van der Waals surface area contributed by atoms with Gasteiger partial charge in [0.25, 0.3) is 0 Å². The smallest absolute Gasteiger partial charge is 0.339 e. The monoisotopic (exact) mass is 479 g/mol. The van der Waals surface area contributed by atoms with E-state index < -0.39 is 5.97 Å². The molecule has 4 rings (SSSR count). The molecule has 0 radical (unpaired) electrons. The quantitative estimate of drug-likeness (QED) is 0.330. The van der Waals surface area contributed by atoms with Crippen LogP contribution in [-0.4, -0.2) is 23.3 Å². The minimum absolute atomic E-state index is 0.140. The van der Waals surface area contributed by atoms with Crippen LogP contribution >= 0.6 is 15.9 Å². The lowest BCUT2D eigenvalue weighted by atomic mass is 9.70. The van der Waals surface area contributed by atoms with Crippen LogP contribution in [0.5, 0.6) is 0 Å². The second kappa shape index (κ2) is 8.54. The van der Waals surface area contributed by atoms with Crippen LogP contribution in [0.3, 0.4) is 0 Å². The molecule has 31 heavy (non-hydrogen) atoms. The number of carbonyl (C=O) groups excluding carboxylic acids is 2.